The Balaban J connectivity index is 1.80. The van der Waals surface area contributed by atoms with Crippen LogP contribution in [0.15, 0.2) is 21.2 Å². The standard InChI is InChI=1S/C14H18BrNO4/c1-16(10-5-3-2-4-6-10)13(17)9-19-14(18)11-7-8-12(15)20-11/h7-8,10H,2-6,9H2,1H3. The van der Waals surface area contributed by atoms with Crippen LogP contribution in [-0.2, 0) is 9.53 Å². The molecule has 0 spiro atoms. The molecule has 1 heterocycles. The Bertz CT molecular complexity index is 479. The third kappa shape index (κ3) is 3.85. The molecule has 20 heavy (non-hydrogen) atoms. The van der Waals surface area contributed by atoms with Gasteiger partial charge >= 0.3 is 5.97 Å². The summed E-state index contributed by atoms with van der Waals surface area (Å²) in [7, 11) is 1.77. The predicted octanol–water partition coefficient (Wildman–Crippen LogP) is 2.99. The van der Waals surface area contributed by atoms with Crippen molar-refractivity contribution < 1.29 is 18.7 Å². The molecule has 5 nitrogen and oxygen atoms in total. The van der Waals surface area contributed by atoms with E-state index >= 15 is 0 Å². The van der Waals surface area contributed by atoms with Gasteiger partial charge < -0.3 is 14.1 Å². The van der Waals surface area contributed by atoms with Crippen molar-refractivity contribution in [1.82, 2.24) is 4.90 Å². The van der Waals surface area contributed by atoms with Crippen molar-refractivity contribution in [1.29, 1.82) is 0 Å². The first kappa shape index (κ1) is 15.1. The highest BCUT2D eigenvalue weighted by atomic mass is 79.9. The van der Waals surface area contributed by atoms with E-state index in [2.05, 4.69) is 15.9 Å². The lowest BCUT2D eigenvalue weighted by atomic mass is 9.94. The van der Waals surface area contributed by atoms with Gasteiger partial charge in [-0.25, -0.2) is 4.79 Å². The normalized spacial score (nSPS) is 15.9. The second-order valence-electron chi connectivity index (χ2n) is 4.98. The maximum atomic E-state index is 12.0. The molecule has 1 amide bonds. The fourth-order valence-electron chi connectivity index (χ4n) is 2.40. The second-order valence-corrected chi connectivity index (χ2v) is 5.76. The maximum Gasteiger partial charge on any atom is 0.374 e. The van der Waals surface area contributed by atoms with Crippen LogP contribution in [0.5, 0.6) is 0 Å². The van der Waals surface area contributed by atoms with Crippen molar-refractivity contribution in [2.75, 3.05) is 13.7 Å². The minimum atomic E-state index is -0.624. The van der Waals surface area contributed by atoms with E-state index in [4.69, 9.17) is 9.15 Å². The Hall–Kier alpha value is -1.30. The summed E-state index contributed by atoms with van der Waals surface area (Å²) in [6.07, 6.45) is 5.61. The van der Waals surface area contributed by atoms with Crippen molar-refractivity contribution in [3.05, 3.63) is 22.6 Å². The molecule has 0 aromatic carbocycles. The van der Waals surface area contributed by atoms with Crippen molar-refractivity contribution in [2.24, 2.45) is 0 Å². The lowest BCUT2D eigenvalue weighted by Crippen LogP contribution is -2.40. The number of carbonyl (C=O) groups excluding carboxylic acids is 2. The van der Waals surface area contributed by atoms with Crippen LogP contribution in [0.1, 0.15) is 42.7 Å². The van der Waals surface area contributed by atoms with Crippen LogP contribution in [0, 0.1) is 0 Å². The van der Waals surface area contributed by atoms with E-state index in [9.17, 15) is 9.59 Å². The van der Waals surface area contributed by atoms with Gasteiger partial charge in [0.15, 0.2) is 11.3 Å². The Morgan fingerprint density at radius 2 is 2.05 bits per heavy atom. The molecule has 2 rings (SSSR count). The molecule has 110 valence electrons. The first-order chi connectivity index (χ1) is 9.58. The van der Waals surface area contributed by atoms with Crippen LogP contribution >= 0.6 is 15.9 Å². The minimum absolute atomic E-state index is 0.0880. The molecule has 1 saturated carbocycles. The molecule has 0 bridgehead atoms. The Kier molecular flexibility index (Phi) is 5.23. The van der Waals surface area contributed by atoms with Gasteiger partial charge in [-0.15, -0.1) is 0 Å². The monoisotopic (exact) mass is 343 g/mol. The SMILES string of the molecule is CN(C(=O)COC(=O)c1ccc(Br)o1)C1CCCCC1. The summed E-state index contributed by atoms with van der Waals surface area (Å²) in [5.41, 5.74) is 0. The topological polar surface area (TPSA) is 59.8 Å². The molecule has 1 aliphatic rings. The zero-order valence-electron chi connectivity index (χ0n) is 11.4. The van der Waals surface area contributed by atoms with Gasteiger partial charge in [-0.1, -0.05) is 19.3 Å². The minimum Gasteiger partial charge on any atom is -0.450 e. The van der Waals surface area contributed by atoms with Gasteiger partial charge in [0, 0.05) is 13.1 Å². The predicted molar refractivity (Wildman–Crippen MR) is 76.3 cm³/mol. The molecular formula is C14H18BrNO4. The average molecular weight is 344 g/mol. The number of esters is 1. The number of halogens is 1. The molecule has 0 atom stereocenters. The van der Waals surface area contributed by atoms with Gasteiger partial charge in [-0.05, 0) is 40.9 Å². The highest BCUT2D eigenvalue weighted by Crippen LogP contribution is 2.21. The summed E-state index contributed by atoms with van der Waals surface area (Å²) in [6.45, 7) is -0.246. The molecule has 1 aromatic heterocycles. The number of hydrogen-bond acceptors (Lipinski definition) is 4. The fraction of sp³-hybridized carbons (Fsp3) is 0.571. The first-order valence-electron chi connectivity index (χ1n) is 6.76. The molecule has 0 N–H and O–H groups in total. The third-order valence-electron chi connectivity index (χ3n) is 3.62. The third-order valence-corrected chi connectivity index (χ3v) is 4.04. The van der Waals surface area contributed by atoms with E-state index in [1.807, 2.05) is 0 Å². The number of likely N-dealkylation sites (N-methyl/N-ethyl adjacent to an activating group) is 1. The molecule has 0 saturated heterocycles. The van der Waals surface area contributed by atoms with Gasteiger partial charge in [0.05, 0.1) is 0 Å². The highest BCUT2D eigenvalue weighted by Gasteiger charge is 2.23. The Labute approximate surface area is 126 Å². The zero-order chi connectivity index (χ0) is 14.5. The Morgan fingerprint density at radius 1 is 1.35 bits per heavy atom. The van der Waals surface area contributed by atoms with E-state index in [0.717, 1.165) is 25.7 Å². The van der Waals surface area contributed by atoms with Crippen LogP contribution in [0.25, 0.3) is 0 Å². The summed E-state index contributed by atoms with van der Waals surface area (Å²) in [5.74, 6) is -0.707. The summed E-state index contributed by atoms with van der Waals surface area (Å²) in [4.78, 5) is 25.3. The quantitative estimate of drug-likeness (QED) is 0.788. The van der Waals surface area contributed by atoms with E-state index in [1.54, 1.807) is 18.0 Å². The first-order valence-corrected chi connectivity index (χ1v) is 7.55. The molecule has 0 unspecified atom stereocenters. The molecule has 0 aliphatic heterocycles. The van der Waals surface area contributed by atoms with Crippen molar-refractivity contribution >= 4 is 27.8 Å². The number of hydrogen-bond donors (Lipinski definition) is 0. The average Bonchev–Trinajstić information content (AvgIpc) is 2.91. The van der Waals surface area contributed by atoms with Gasteiger partial charge in [-0.2, -0.15) is 0 Å². The molecule has 1 aromatic rings. The summed E-state index contributed by atoms with van der Waals surface area (Å²) in [6, 6.07) is 3.38. The van der Waals surface area contributed by atoms with Crippen LogP contribution in [-0.4, -0.2) is 36.5 Å². The fourth-order valence-corrected chi connectivity index (χ4v) is 2.70. The number of carbonyl (C=O) groups is 2. The number of nitrogens with zero attached hydrogens (tertiary/aromatic N) is 1. The maximum absolute atomic E-state index is 12.0. The highest BCUT2D eigenvalue weighted by molar-refractivity contribution is 9.10. The lowest BCUT2D eigenvalue weighted by molar-refractivity contribution is -0.135. The van der Waals surface area contributed by atoms with Gasteiger partial charge in [-0.3, -0.25) is 4.79 Å². The lowest BCUT2D eigenvalue weighted by Gasteiger charge is -2.31. The van der Waals surface area contributed by atoms with Crippen LogP contribution in [0.3, 0.4) is 0 Å². The smallest absolute Gasteiger partial charge is 0.374 e. The number of ether oxygens (including phenoxy) is 1. The number of rotatable bonds is 4. The van der Waals surface area contributed by atoms with Crippen LogP contribution in [0.4, 0.5) is 0 Å². The van der Waals surface area contributed by atoms with Crippen molar-refractivity contribution in [3.63, 3.8) is 0 Å². The zero-order valence-corrected chi connectivity index (χ0v) is 13.0. The van der Waals surface area contributed by atoms with Gasteiger partial charge in [0.2, 0.25) is 5.76 Å². The van der Waals surface area contributed by atoms with E-state index in [-0.39, 0.29) is 24.3 Å². The van der Waals surface area contributed by atoms with E-state index in [1.165, 1.54) is 12.5 Å². The largest absolute Gasteiger partial charge is 0.450 e. The Morgan fingerprint density at radius 3 is 2.65 bits per heavy atom. The summed E-state index contributed by atoms with van der Waals surface area (Å²) < 4.78 is 10.5. The van der Waals surface area contributed by atoms with Gasteiger partial charge in [0.25, 0.3) is 5.91 Å². The molecule has 1 aliphatic carbocycles. The summed E-state index contributed by atoms with van der Waals surface area (Å²) in [5, 5.41) is 0. The van der Waals surface area contributed by atoms with E-state index < -0.39 is 5.97 Å². The second kappa shape index (κ2) is 6.92. The molecule has 6 heteroatoms. The number of amides is 1. The molecule has 0 radical (unpaired) electrons. The van der Waals surface area contributed by atoms with E-state index in [0.29, 0.717) is 4.67 Å². The summed E-state index contributed by atoms with van der Waals surface area (Å²) >= 11 is 3.11. The van der Waals surface area contributed by atoms with Crippen molar-refractivity contribution in [2.45, 2.75) is 38.1 Å². The molecular weight excluding hydrogens is 326 g/mol. The van der Waals surface area contributed by atoms with Crippen LogP contribution in [0.2, 0.25) is 0 Å². The van der Waals surface area contributed by atoms with Gasteiger partial charge in [0.1, 0.15) is 0 Å². The van der Waals surface area contributed by atoms with Crippen LogP contribution < -0.4 is 0 Å². The number of furan rings is 1. The molecule has 1 fully saturated rings. The van der Waals surface area contributed by atoms with Crippen molar-refractivity contribution in [3.8, 4) is 0 Å².